The zero-order valence-corrected chi connectivity index (χ0v) is 14.7. The molecule has 128 valence electrons. The summed E-state index contributed by atoms with van der Waals surface area (Å²) in [6.45, 7) is 0. The summed E-state index contributed by atoms with van der Waals surface area (Å²) < 4.78 is 0. The number of fused-ring (bicyclic) bond motifs is 1. The first kappa shape index (κ1) is 16.0. The van der Waals surface area contributed by atoms with E-state index in [1.807, 2.05) is 55.4 Å². The van der Waals surface area contributed by atoms with Crippen molar-refractivity contribution in [2.75, 3.05) is 24.7 Å². The van der Waals surface area contributed by atoms with Crippen molar-refractivity contribution < 1.29 is 0 Å². The molecule has 0 aliphatic heterocycles. The molecule has 0 radical (unpaired) electrons. The molecular weight excluding hydrogens is 322 g/mol. The molecule has 0 saturated heterocycles. The SMILES string of the molecule is CN(C)c1nc(-c2cccnc2)nc2ccc(-c3cccc(N)c3)cc12. The molecule has 26 heavy (non-hydrogen) atoms. The molecule has 0 bridgehead atoms. The van der Waals surface area contributed by atoms with Gasteiger partial charge < -0.3 is 10.6 Å². The Labute approximate surface area is 152 Å². The fourth-order valence-electron chi connectivity index (χ4n) is 2.98. The van der Waals surface area contributed by atoms with Crippen LogP contribution in [0.25, 0.3) is 33.4 Å². The summed E-state index contributed by atoms with van der Waals surface area (Å²) in [5.74, 6) is 1.55. The van der Waals surface area contributed by atoms with Crippen LogP contribution in [0.15, 0.2) is 67.0 Å². The van der Waals surface area contributed by atoms with Crippen LogP contribution in [-0.2, 0) is 0 Å². The summed E-state index contributed by atoms with van der Waals surface area (Å²) in [4.78, 5) is 15.7. The number of aromatic nitrogens is 3. The van der Waals surface area contributed by atoms with Crippen molar-refractivity contribution in [1.82, 2.24) is 15.0 Å². The Morgan fingerprint density at radius 1 is 0.846 bits per heavy atom. The van der Waals surface area contributed by atoms with Crippen LogP contribution in [0.4, 0.5) is 11.5 Å². The normalized spacial score (nSPS) is 10.8. The van der Waals surface area contributed by atoms with Crippen molar-refractivity contribution >= 4 is 22.4 Å². The van der Waals surface area contributed by atoms with Gasteiger partial charge in [0.05, 0.1) is 5.52 Å². The maximum Gasteiger partial charge on any atom is 0.163 e. The zero-order valence-electron chi connectivity index (χ0n) is 14.7. The lowest BCUT2D eigenvalue weighted by Gasteiger charge is -2.16. The average Bonchev–Trinajstić information content (AvgIpc) is 2.67. The molecule has 0 aliphatic rings. The van der Waals surface area contributed by atoms with Crippen molar-refractivity contribution in [2.24, 2.45) is 0 Å². The van der Waals surface area contributed by atoms with E-state index in [1.54, 1.807) is 12.4 Å². The van der Waals surface area contributed by atoms with Crippen LogP contribution in [0.1, 0.15) is 0 Å². The van der Waals surface area contributed by atoms with E-state index in [0.717, 1.165) is 39.1 Å². The van der Waals surface area contributed by atoms with Gasteiger partial charge in [-0.05, 0) is 47.5 Å². The third kappa shape index (κ3) is 2.95. The van der Waals surface area contributed by atoms with Gasteiger partial charge in [-0.2, -0.15) is 0 Å². The van der Waals surface area contributed by atoms with Crippen LogP contribution >= 0.6 is 0 Å². The number of rotatable bonds is 3. The van der Waals surface area contributed by atoms with Gasteiger partial charge in [-0.15, -0.1) is 0 Å². The molecule has 0 amide bonds. The molecule has 0 aliphatic carbocycles. The van der Waals surface area contributed by atoms with Crippen molar-refractivity contribution in [2.45, 2.75) is 0 Å². The van der Waals surface area contributed by atoms with Crippen LogP contribution in [0.3, 0.4) is 0 Å². The number of nitrogen functional groups attached to an aromatic ring is 1. The Hall–Kier alpha value is -3.47. The molecule has 0 unspecified atom stereocenters. The van der Waals surface area contributed by atoms with E-state index in [0.29, 0.717) is 5.82 Å². The van der Waals surface area contributed by atoms with Gasteiger partial charge in [-0.25, -0.2) is 9.97 Å². The number of nitrogens with two attached hydrogens (primary N) is 1. The Balaban J connectivity index is 1.92. The van der Waals surface area contributed by atoms with Crippen molar-refractivity contribution in [3.05, 3.63) is 67.0 Å². The summed E-state index contributed by atoms with van der Waals surface area (Å²) in [6.07, 6.45) is 3.52. The monoisotopic (exact) mass is 341 g/mol. The first-order valence-corrected chi connectivity index (χ1v) is 8.37. The minimum Gasteiger partial charge on any atom is -0.399 e. The minimum atomic E-state index is 0.672. The molecule has 2 heterocycles. The molecule has 0 atom stereocenters. The van der Waals surface area contributed by atoms with Gasteiger partial charge in [0.15, 0.2) is 5.82 Å². The number of anilines is 2. The van der Waals surface area contributed by atoms with E-state index in [1.165, 1.54) is 0 Å². The molecular formula is C21H19N5. The van der Waals surface area contributed by atoms with Crippen molar-refractivity contribution in [3.63, 3.8) is 0 Å². The van der Waals surface area contributed by atoms with Gasteiger partial charge in [0.1, 0.15) is 5.82 Å². The van der Waals surface area contributed by atoms with Crippen LogP contribution < -0.4 is 10.6 Å². The molecule has 5 nitrogen and oxygen atoms in total. The van der Waals surface area contributed by atoms with Crippen LogP contribution in [-0.4, -0.2) is 29.0 Å². The van der Waals surface area contributed by atoms with Gasteiger partial charge in [0, 0.05) is 43.1 Å². The topological polar surface area (TPSA) is 67.9 Å². The van der Waals surface area contributed by atoms with E-state index in [9.17, 15) is 0 Å². The summed E-state index contributed by atoms with van der Waals surface area (Å²) in [5.41, 5.74) is 10.6. The largest absolute Gasteiger partial charge is 0.399 e. The maximum absolute atomic E-state index is 5.93. The summed E-state index contributed by atoms with van der Waals surface area (Å²) >= 11 is 0. The maximum atomic E-state index is 5.93. The summed E-state index contributed by atoms with van der Waals surface area (Å²) in [5, 5.41) is 1.00. The van der Waals surface area contributed by atoms with Gasteiger partial charge in [0.2, 0.25) is 0 Å². The zero-order chi connectivity index (χ0) is 18.1. The van der Waals surface area contributed by atoms with Crippen LogP contribution in [0.5, 0.6) is 0 Å². The molecule has 2 aromatic heterocycles. The molecule has 2 N–H and O–H groups in total. The molecule has 4 aromatic rings. The first-order valence-electron chi connectivity index (χ1n) is 8.37. The van der Waals surface area contributed by atoms with Gasteiger partial charge in [-0.1, -0.05) is 18.2 Å². The lowest BCUT2D eigenvalue weighted by atomic mass is 10.0. The lowest BCUT2D eigenvalue weighted by molar-refractivity contribution is 1.06. The third-order valence-corrected chi connectivity index (χ3v) is 4.24. The molecule has 5 heteroatoms. The Morgan fingerprint density at radius 2 is 1.65 bits per heavy atom. The first-order chi connectivity index (χ1) is 12.6. The van der Waals surface area contributed by atoms with Crippen LogP contribution in [0.2, 0.25) is 0 Å². The van der Waals surface area contributed by atoms with Gasteiger partial charge in [0.25, 0.3) is 0 Å². The van der Waals surface area contributed by atoms with E-state index in [-0.39, 0.29) is 0 Å². The highest BCUT2D eigenvalue weighted by Gasteiger charge is 2.12. The fraction of sp³-hybridized carbons (Fsp3) is 0.0952. The number of pyridine rings is 1. The summed E-state index contributed by atoms with van der Waals surface area (Å²) in [6, 6.07) is 17.9. The molecule has 0 fully saturated rings. The van der Waals surface area contributed by atoms with E-state index in [4.69, 9.17) is 15.7 Å². The Kier molecular flexibility index (Phi) is 3.97. The van der Waals surface area contributed by atoms with Crippen molar-refractivity contribution in [3.8, 4) is 22.5 Å². The number of hydrogen-bond donors (Lipinski definition) is 1. The highest BCUT2D eigenvalue weighted by molar-refractivity contribution is 5.94. The Bertz CT molecular complexity index is 1070. The van der Waals surface area contributed by atoms with E-state index >= 15 is 0 Å². The molecule has 4 rings (SSSR count). The second-order valence-electron chi connectivity index (χ2n) is 6.36. The Morgan fingerprint density at radius 3 is 2.38 bits per heavy atom. The highest BCUT2D eigenvalue weighted by atomic mass is 15.2. The van der Waals surface area contributed by atoms with Crippen molar-refractivity contribution in [1.29, 1.82) is 0 Å². The van der Waals surface area contributed by atoms with Crippen LogP contribution in [0, 0.1) is 0 Å². The predicted molar refractivity (Wildman–Crippen MR) is 107 cm³/mol. The average molecular weight is 341 g/mol. The summed E-state index contributed by atoms with van der Waals surface area (Å²) in [7, 11) is 3.98. The number of nitrogens with zero attached hydrogens (tertiary/aromatic N) is 4. The molecule has 0 saturated carbocycles. The third-order valence-electron chi connectivity index (χ3n) is 4.24. The fourth-order valence-corrected chi connectivity index (χ4v) is 2.98. The van der Waals surface area contributed by atoms with Gasteiger partial charge in [-0.3, -0.25) is 4.98 Å². The van der Waals surface area contributed by atoms with E-state index in [2.05, 4.69) is 23.2 Å². The second kappa shape index (κ2) is 6.44. The standard InChI is InChI=1S/C21H19N5/c1-26(2)21-18-12-15(14-5-3-7-17(22)11-14)8-9-19(18)24-20(25-21)16-6-4-10-23-13-16/h3-13H,22H2,1-2H3. The second-order valence-corrected chi connectivity index (χ2v) is 6.36. The number of benzene rings is 2. The van der Waals surface area contributed by atoms with E-state index < -0.39 is 0 Å². The van der Waals surface area contributed by atoms with Gasteiger partial charge >= 0.3 is 0 Å². The lowest BCUT2D eigenvalue weighted by Crippen LogP contribution is -2.12. The predicted octanol–water partition coefficient (Wildman–Crippen LogP) is 4.01. The number of hydrogen-bond acceptors (Lipinski definition) is 5. The highest BCUT2D eigenvalue weighted by Crippen LogP contribution is 2.31. The quantitative estimate of drug-likeness (QED) is 0.570. The smallest absolute Gasteiger partial charge is 0.163 e. The minimum absolute atomic E-state index is 0.672. The molecule has 0 spiro atoms. The molecule has 2 aromatic carbocycles.